The highest BCUT2D eigenvalue weighted by Gasteiger charge is 2.04. The second-order valence-corrected chi connectivity index (χ2v) is 4.92. The van der Waals surface area contributed by atoms with Gasteiger partial charge in [-0.2, -0.15) is 5.10 Å². The molecule has 0 aliphatic heterocycles. The van der Waals surface area contributed by atoms with Crippen LogP contribution in [0, 0.1) is 5.92 Å². The van der Waals surface area contributed by atoms with Gasteiger partial charge in [0.2, 0.25) is 5.95 Å². The van der Waals surface area contributed by atoms with Gasteiger partial charge in [0.05, 0.1) is 0 Å². The fourth-order valence-corrected chi connectivity index (χ4v) is 1.83. The van der Waals surface area contributed by atoms with Crippen molar-refractivity contribution in [3.8, 4) is 0 Å². The van der Waals surface area contributed by atoms with Crippen molar-refractivity contribution in [2.24, 2.45) is 13.0 Å². The molecule has 0 spiro atoms. The Bertz CT molecular complexity index is 483. The smallest absolute Gasteiger partial charge is 0.202 e. The summed E-state index contributed by atoms with van der Waals surface area (Å²) in [5, 5.41) is 7.54. The number of hydrogen-bond donors (Lipinski definition) is 1. The predicted octanol–water partition coefficient (Wildman–Crippen LogP) is 1.93. The summed E-state index contributed by atoms with van der Waals surface area (Å²) in [4.78, 5) is 4.34. The summed E-state index contributed by atoms with van der Waals surface area (Å²) < 4.78 is 4.06. The van der Waals surface area contributed by atoms with Crippen molar-refractivity contribution in [3.63, 3.8) is 0 Å². The first-order valence-electron chi connectivity index (χ1n) is 6.38. The summed E-state index contributed by atoms with van der Waals surface area (Å²) in [5.41, 5.74) is 1.23. The molecule has 2 heterocycles. The average Bonchev–Trinajstić information content (AvgIpc) is 2.92. The number of imidazole rings is 1. The topological polar surface area (TPSA) is 47.7 Å². The van der Waals surface area contributed by atoms with E-state index in [1.54, 1.807) is 0 Å². The number of hydrogen-bond acceptors (Lipinski definition) is 3. The van der Waals surface area contributed by atoms with Crippen LogP contribution in [0.1, 0.15) is 19.5 Å². The number of aromatic nitrogens is 4. The molecular formula is C13H21N5. The zero-order chi connectivity index (χ0) is 13.0. The van der Waals surface area contributed by atoms with Crippen LogP contribution in [-0.2, 0) is 20.0 Å². The maximum absolute atomic E-state index is 4.34. The summed E-state index contributed by atoms with van der Waals surface area (Å²) in [6.45, 7) is 6.24. The van der Waals surface area contributed by atoms with Crippen LogP contribution in [0.25, 0.3) is 0 Å². The molecule has 0 unspecified atom stereocenters. The quantitative estimate of drug-likeness (QED) is 0.848. The Labute approximate surface area is 108 Å². The molecule has 0 amide bonds. The maximum Gasteiger partial charge on any atom is 0.202 e. The Balaban J connectivity index is 1.93. The van der Waals surface area contributed by atoms with Crippen LogP contribution in [0.3, 0.4) is 0 Å². The van der Waals surface area contributed by atoms with E-state index in [0.717, 1.165) is 25.5 Å². The van der Waals surface area contributed by atoms with Gasteiger partial charge in [0.25, 0.3) is 0 Å². The molecule has 0 aliphatic rings. The van der Waals surface area contributed by atoms with Gasteiger partial charge in [-0.15, -0.1) is 0 Å². The molecule has 0 atom stereocenters. The Hall–Kier alpha value is -1.78. The van der Waals surface area contributed by atoms with Crippen molar-refractivity contribution in [2.45, 2.75) is 26.8 Å². The zero-order valence-corrected chi connectivity index (χ0v) is 11.3. The number of nitrogens with one attached hydrogen (secondary N) is 1. The minimum Gasteiger partial charge on any atom is -0.355 e. The highest BCUT2D eigenvalue weighted by atomic mass is 15.3. The Morgan fingerprint density at radius 1 is 1.33 bits per heavy atom. The molecule has 0 fully saturated rings. The van der Waals surface area contributed by atoms with Gasteiger partial charge < -0.3 is 9.88 Å². The maximum atomic E-state index is 4.34. The van der Waals surface area contributed by atoms with Gasteiger partial charge in [-0.05, 0) is 12.0 Å². The first-order valence-corrected chi connectivity index (χ1v) is 6.38. The molecule has 1 N–H and O–H groups in total. The van der Waals surface area contributed by atoms with Crippen LogP contribution < -0.4 is 5.32 Å². The summed E-state index contributed by atoms with van der Waals surface area (Å²) in [5.74, 6) is 1.57. The van der Waals surface area contributed by atoms with Crippen LogP contribution in [0.5, 0.6) is 0 Å². The van der Waals surface area contributed by atoms with Gasteiger partial charge in [0, 0.05) is 50.8 Å². The van der Waals surface area contributed by atoms with Gasteiger partial charge in [-0.25, -0.2) is 4.98 Å². The molecule has 0 aliphatic carbocycles. The minimum atomic E-state index is 0.618. The van der Waals surface area contributed by atoms with Gasteiger partial charge >= 0.3 is 0 Å². The molecule has 5 nitrogen and oxygen atoms in total. The molecule has 5 heteroatoms. The molecule has 18 heavy (non-hydrogen) atoms. The monoisotopic (exact) mass is 247 g/mol. The highest BCUT2D eigenvalue weighted by Crippen LogP contribution is 2.08. The summed E-state index contributed by atoms with van der Waals surface area (Å²) >= 11 is 0. The third-order valence-electron chi connectivity index (χ3n) is 2.92. The van der Waals surface area contributed by atoms with E-state index in [9.17, 15) is 0 Å². The largest absolute Gasteiger partial charge is 0.355 e. The Kier molecular flexibility index (Phi) is 4.02. The first kappa shape index (κ1) is 12.7. The SMILES string of the molecule is CC(C)CNc1nccn1CCc1ccnn1C. The molecule has 98 valence electrons. The van der Waals surface area contributed by atoms with E-state index < -0.39 is 0 Å². The van der Waals surface area contributed by atoms with Gasteiger partial charge in [0.15, 0.2) is 0 Å². The van der Waals surface area contributed by atoms with Crippen molar-refractivity contribution in [3.05, 3.63) is 30.4 Å². The normalized spacial score (nSPS) is 11.1. The zero-order valence-electron chi connectivity index (χ0n) is 11.3. The third kappa shape index (κ3) is 3.12. The van der Waals surface area contributed by atoms with Crippen LogP contribution in [0.2, 0.25) is 0 Å². The van der Waals surface area contributed by atoms with E-state index in [4.69, 9.17) is 0 Å². The van der Waals surface area contributed by atoms with Crippen LogP contribution in [-0.4, -0.2) is 25.9 Å². The van der Waals surface area contributed by atoms with Crippen molar-refractivity contribution in [1.82, 2.24) is 19.3 Å². The Morgan fingerprint density at radius 3 is 2.83 bits per heavy atom. The van der Waals surface area contributed by atoms with Crippen LogP contribution in [0.4, 0.5) is 5.95 Å². The molecular weight excluding hydrogens is 226 g/mol. The van der Waals surface area contributed by atoms with Crippen molar-refractivity contribution in [2.75, 3.05) is 11.9 Å². The van der Waals surface area contributed by atoms with Gasteiger partial charge in [0.1, 0.15) is 0 Å². The van der Waals surface area contributed by atoms with E-state index in [0.29, 0.717) is 5.92 Å². The summed E-state index contributed by atoms with van der Waals surface area (Å²) in [6.07, 6.45) is 6.65. The lowest BCUT2D eigenvalue weighted by Crippen LogP contribution is -2.14. The summed E-state index contributed by atoms with van der Waals surface area (Å²) in [6, 6.07) is 2.05. The van der Waals surface area contributed by atoms with Crippen molar-refractivity contribution in [1.29, 1.82) is 0 Å². The highest BCUT2D eigenvalue weighted by molar-refractivity contribution is 5.25. The molecule has 0 bridgehead atoms. The van der Waals surface area contributed by atoms with Gasteiger partial charge in [-0.3, -0.25) is 4.68 Å². The van der Waals surface area contributed by atoms with Crippen LogP contribution >= 0.6 is 0 Å². The molecule has 2 aromatic rings. The van der Waals surface area contributed by atoms with Gasteiger partial charge in [-0.1, -0.05) is 13.8 Å². The number of aryl methyl sites for hydroxylation is 3. The number of nitrogens with zero attached hydrogens (tertiary/aromatic N) is 4. The number of rotatable bonds is 6. The average molecular weight is 247 g/mol. The third-order valence-corrected chi connectivity index (χ3v) is 2.92. The molecule has 0 radical (unpaired) electrons. The lowest BCUT2D eigenvalue weighted by atomic mass is 10.2. The first-order chi connectivity index (χ1) is 8.66. The van der Waals surface area contributed by atoms with E-state index in [-0.39, 0.29) is 0 Å². The number of anilines is 1. The lowest BCUT2D eigenvalue weighted by molar-refractivity contribution is 0.630. The predicted molar refractivity (Wildman–Crippen MR) is 72.5 cm³/mol. The Morgan fingerprint density at radius 2 is 2.17 bits per heavy atom. The minimum absolute atomic E-state index is 0.618. The molecule has 2 aromatic heterocycles. The fraction of sp³-hybridized carbons (Fsp3) is 0.538. The van der Waals surface area contributed by atoms with E-state index >= 15 is 0 Å². The van der Waals surface area contributed by atoms with E-state index in [2.05, 4.69) is 39.9 Å². The molecule has 0 saturated carbocycles. The molecule has 0 aromatic carbocycles. The van der Waals surface area contributed by atoms with Crippen molar-refractivity contribution < 1.29 is 0 Å². The van der Waals surface area contributed by atoms with E-state index in [1.165, 1.54) is 5.69 Å². The second kappa shape index (κ2) is 5.71. The lowest BCUT2D eigenvalue weighted by Gasteiger charge is -2.11. The van der Waals surface area contributed by atoms with Crippen molar-refractivity contribution >= 4 is 5.95 Å². The second-order valence-electron chi connectivity index (χ2n) is 4.92. The standard InChI is InChI=1S/C13H21N5/c1-11(2)10-15-13-14-7-9-18(13)8-5-12-4-6-16-17(12)3/h4,6-7,9,11H,5,8,10H2,1-3H3,(H,14,15). The van der Waals surface area contributed by atoms with E-state index in [1.807, 2.05) is 30.3 Å². The van der Waals surface area contributed by atoms with Crippen LogP contribution in [0.15, 0.2) is 24.7 Å². The fourth-order valence-electron chi connectivity index (χ4n) is 1.83. The molecule has 0 saturated heterocycles. The molecule has 2 rings (SSSR count). The summed E-state index contributed by atoms with van der Waals surface area (Å²) in [7, 11) is 1.97.